The monoisotopic (exact) mass is 268 g/mol. The molecule has 3 heteroatoms. The first-order chi connectivity index (χ1) is 9.61. The molecule has 2 N–H and O–H groups in total. The lowest BCUT2D eigenvalue weighted by Crippen LogP contribution is -2.26. The lowest BCUT2D eigenvalue weighted by Gasteiger charge is -2.19. The fraction of sp³-hybridized carbons (Fsp3) is 0.235. The third-order valence-electron chi connectivity index (χ3n) is 3.43. The molecule has 0 heterocycles. The largest absolute Gasteiger partial charge is 0.337 e. The lowest BCUT2D eigenvalue weighted by atomic mass is 10.1. The van der Waals surface area contributed by atoms with Gasteiger partial charge >= 0.3 is 0 Å². The molecule has 0 fully saturated rings. The Kier molecular flexibility index (Phi) is 4.53. The number of nitrogens with zero attached hydrogens (tertiary/aromatic N) is 1. The summed E-state index contributed by atoms with van der Waals surface area (Å²) in [5.74, 6) is 0.0172. The number of aryl methyl sites for hydroxylation is 1. The van der Waals surface area contributed by atoms with E-state index in [0.29, 0.717) is 18.7 Å². The van der Waals surface area contributed by atoms with E-state index in [4.69, 9.17) is 5.73 Å². The van der Waals surface area contributed by atoms with Gasteiger partial charge < -0.3 is 10.6 Å². The molecular weight excluding hydrogens is 248 g/mol. The van der Waals surface area contributed by atoms with Crippen LogP contribution in [0, 0.1) is 6.92 Å². The van der Waals surface area contributed by atoms with E-state index in [9.17, 15) is 4.79 Å². The number of hydrogen-bond acceptors (Lipinski definition) is 2. The van der Waals surface area contributed by atoms with E-state index in [2.05, 4.69) is 19.1 Å². The molecule has 0 aliphatic rings. The second-order valence-corrected chi connectivity index (χ2v) is 4.99. The second kappa shape index (κ2) is 6.35. The third-order valence-corrected chi connectivity index (χ3v) is 3.43. The maximum absolute atomic E-state index is 12.4. The molecule has 20 heavy (non-hydrogen) atoms. The summed E-state index contributed by atoms with van der Waals surface area (Å²) in [5, 5.41) is 0. The van der Waals surface area contributed by atoms with E-state index in [1.165, 1.54) is 11.1 Å². The first-order valence-electron chi connectivity index (χ1n) is 6.71. The average molecular weight is 268 g/mol. The van der Waals surface area contributed by atoms with Crippen molar-refractivity contribution < 1.29 is 4.79 Å². The zero-order valence-corrected chi connectivity index (χ0v) is 12.0. The predicted octanol–water partition coefficient (Wildman–Crippen LogP) is 2.73. The third kappa shape index (κ3) is 3.25. The quantitative estimate of drug-likeness (QED) is 0.926. The number of amides is 1. The summed E-state index contributed by atoms with van der Waals surface area (Å²) < 4.78 is 0. The Hall–Kier alpha value is -2.13. The molecule has 0 atom stereocenters. The van der Waals surface area contributed by atoms with Crippen molar-refractivity contribution >= 4 is 5.91 Å². The van der Waals surface area contributed by atoms with Gasteiger partial charge in [-0.2, -0.15) is 0 Å². The van der Waals surface area contributed by atoms with Gasteiger partial charge in [0.2, 0.25) is 0 Å². The molecule has 2 aromatic rings. The summed E-state index contributed by atoms with van der Waals surface area (Å²) in [5.41, 5.74) is 9.63. The molecule has 0 saturated carbocycles. The molecule has 104 valence electrons. The van der Waals surface area contributed by atoms with Gasteiger partial charge in [0.1, 0.15) is 0 Å². The van der Waals surface area contributed by atoms with Crippen molar-refractivity contribution in [2.75, 3.05) is 7.05 Å². The molecule has 0 radical (unpaired) electrons. The summed E-state index contributed by atoms with van der Waals surface area (Å²) in [6.07, 6.45) is 0. The van der Waals surface area contributed by atoms with Gasteiger partial charge in [0, 0.05) is 25.7 Å². The van der Waals surface area contributed by atoms with Crippen molar-refractivity contribution in [1.82, 2.24) is 4.90 Å². The number of carbonyl (C=O) groups is 1. The predicted molar refractivity (Wildman–Crippen MR) is 81.3 cm³/mol. The van der Waals surface area contributed by atoms with Crippen molar-refractivity contribution in [3.8, 4) is 0 Å². The van der Waals surface area contributed by atoms with Gasteiger partial charge in [0.25, 0.3) is 5.91 Å². The maximum atomic E-state index is 12.4. The van der Waals surface area contributed by atoms with Crippen LogP contribution in [0.25, 0.3) is 0 Å². The molecule has 0 bridgehead atoms. The van der Waals surface area contributed by atoms with E-state index >= 15 is 0 Å². The van der Waals surface area contributed by atoms with Gasteiger partial charge in [-0.05, 0) is 35.7 Å². The van der Waals surface area contributed by atoms with Gasteiger partial charge in [-0.25, -0.2) is 0 Å². The van der Waals surface area contributed by atoms with Crippen LogP contribution in [0.1, 0.15) is 27.0 Å². The molecule has 0 aromatic heterocycles. The maximum Gasteiger partial charge on any atom is 0.253 e. The van der Waals surface area contributed by atoms with Crippen LogP contribution in [0.5, 0.6) is 0 Å². The van der Waals surface area contributed by atoms with Crippen molar-refractivity contribution in [2.24, 2.45) is 5.73 Å². The van der Waals surface area contributed by atoms with Gasteiger partial charge in [-0.3, -0.25) is 4.79 Å². The molecule has 3 nitrogen and oxygen atoms in total. The van der Waals surface area contributed by atoms with Crippen LogP contribution in [0.4, 0.5) is 0 Å². The number of carbonyl (C=O) groups excluding carboxylic acids is 1. The number of benzene rings is 2. The number of nitrogens with two attached hydrogens (primary N) is 1. The molecule has 2 aromatic carbocycles. The van der Waals surface area contributed by atoms with Crippen molar-refractivity contribution in [3.63, 3.8) is 0 Å². The summed E-state index contributed by atoms with van der Waals surface area (Å²) in [4.78, 5) is 14.1. The second-order valence-electron chi connectivity index (χ2n) is 4.99. The molecule has 2 rings (SSSR count). The van der Waals surface area contributed by atoms with E-state index in [1.54, 1.807) is 4.90 Å². The lowest BCUT2D eigenvalue weighted by molar-refractivity contribution is 0.0785. The molecular formula is C17H20N2O. The summed E-state index contributed by atoms with van der Waals surface area (Å²) in [6, 6.07) is 15.6. The SMILES string of the molecule is Cc1ccccc1CN(C)C(=O)c1cccc(CN)c1. The Morgan fingerprint density at radius 3 is 2.60 bits per heavy atom. The smallest absolute Gasteiger partial charge is 0.253 e. The van der Waals surface area contributed by atoms with Gasteiger partial charge in [-0.1, -0.05) is 36.4 Å². The van der Waals surface area contributed by atoms with Crippen molar-refractivity contribution in [1.29, 1.82) is 0 Å². The number of hydrogen-bond donors (Lipinski definition) is 1. The van der Waals surface area contributed by atoms with Crippen LogP contribution in [0.3, 0.4) is 0 Å². The zero-order chi connectivity index (χ0) is 14.5. The Labute approximate surface area is 120 Å². The molecule has 1 amide bonds. The first kappa shape index (κ1) is 14.3. The van der Waals surface area contributed by atoms with Crippen LogP contribution in [-0.2, 0) is 13.1 Å². The highest BCUT2D eigenvalue weighted by molar-refractivity contribution is 5.94. The Morgan fingerprint density at radius 2 is 1.90 bits per heavy atom. The molecule has 0 saturated heterocycles. The summed E-state index contributed by atoms with van der Waals surface area (Å²) in [7, 11) is 1.82. The Morgan fingerprint density at radius 1 is 1.15 bits per heavy atom. The van der Waals surface area contributed by atoms with Crippen LogP contribution >= 0.6 is 0 Å². The molecule has 0 unspecified atom stereocenters. The summed E-state index contributed by atoms with van der Waals surface area (Å²) >= 11 is 0. The Bertz CT molecular complexity index is 607. The average Bonchev–Trinajstić information content (AvgIpc) is 2.48. The fourth-order valence-corrected chi connectivity index (χ4v) is 2.17. The van der Waals surface area contributed by atoms with Gasteiger partial charge in [0.15, 0.2) is 0 Å². The topological polar surface area (TPSA) is 46.3 Å². The van der Waals surface area contributed by atoms with Crippen LogP contribution in [0.15, 0.2) is 48.5 Å². The van der Waals surface area contributed by atoms with Gasteiger partial charge in [-0.15, -0.1) is 0 Å². The summed E-state index contributed by atoms with van der Waals surface area (Å²) in [6.45, 7) is 3.11. The highest BCUT2D eigenvalue weighted by atomic mass is 16.2. The first-order valence-corrected chi connectivity index (χ1v) is 6.71. The Balaban J connectivity index is 2.14. The molecule has 0 spiro atoms. The highest BCUT2D eigenvalue weighted by Crippen LogP contribution is 2.13. The fourth-order valence-electron chi connectivity index (χ4n) is 2.17. The van der Waals surface area contributed by atoms with Crippen LogP contribution in [0.2, 0.25) is 0 Å². The van der Waals surface area contributed by atoms with Crippen molar-refractivity contribution in [3.05, 3.63) is 70.8 Å². The van der Waals surface area contributed by atoms with Crippen LogP contribution in [-0.4, -0.2) is 17.9 Å². The number of rotatable bonds is 4. The minimum atomic E-state index is 0.0172. The van der Waals surface area contributed by atoms with E-state index in [1.807, 2.05) is 43.4 Å². The molecule has 0 aliphatic carbocycles. The van der Waals surface area contributed by atoms with E-state index in [0.717, 1.165) is 5.56 Å². The minimum Gasteiger partial charge on any atom is -0.337 e. The molecule has 0 aliphatic heterocycles. The standard InChI is InChI=1S/C17H20N2O/c1-13-6-3-4-8-16(13)12-19(2)17(20)15-9-5-7-14(10-15)11-18/h3-10H,11-12,18H2,1-2H3. The minimum absolute atomic E-state index is 0.0172. The zero-order valence-electron chi connectivity index (χ0n) is 12.0. The van der Waals surface area contributed by atoms with E-state index in [-0.39, 0.29) is 5.91 Å². The highest BCUT2D eigenvalue weighted by Gasteiger charge is 2.13. The normalized spacial score (nSPS) is 10.3. The van der Waals surface area contributed by atoms with Gasteiger partial charge in [0.05, 0.1) is 0 Å². The van der Waals surface area contributed by atoms with Crippen molar-refractivity contribution in [2.45, 2.75) is 20.0 Å². The van der Waals surface area contributed by atoms with E-state index < -0.39 is 0 Å². The van der Waals surface area contributed by atoms with Crippen LogP contribution < -0.4 is 5.73 Å².